The molecule has 0 aromatic carbocycles. The van der Waals surface area contributed by atoms with Gasteiger partial charge in [-0.05, 0) is 77.0 Å². The van der Waals surface area contributed by atoms with Crippen molar-refractivity contribution < 1.29 is 0 Å². The van der Waals surface area contributed by atoms with E-state index in [0.717, 1.165) is 8.64 Å². The van der Waals surface area contributed by atoms with Crippen LogP contribution >= 0.6 is 46.0 Å². The van der Waals surface area contributed by atoms with Gasteiger partial charge in [-0.1, -0.05) is 24.4 Å². The van der Waals surface area contributed by atoms with Crippen molar-refractivity contribution in [1.82, 2.24) is 9.80 Å². The Balaban J connectivity index is 4.61. The summed E-state index contributed by atoms with van der Waals surface area (Å²) < 4.78 is 1.82. The lowest BCUT2D eigenvalue weighted by atomic mass is 10.2. The fourth-order valence-corrected chi connectivity index (χ4v) is 5.75. The molecule has 0 unspecified atom stereocenters. The number of nitrogens with zero attached hydrogens (tertiary/aromatic N) is 2. The lowest BCUT2D eigenvalue weighted by Crippen LogP contribution is -2.41. The first-order valence-corrected chi connectivity index (χ1v) is 10.0. The highest BCUT2D eigenvalue weighted by Crippen LogP contribution is 2.31. The first-order chi connectivity index (χ1) is 9.09. The molecule has 0 atom stereocenters. The average molecular weight is 353 g/mol. The number of hydrogen-bond acceptors (Lipinski definition) is 4. The van der Waals surface area contributed by atoms with E-state index in [1.807, 2.05) is 0 Å². The van der Waals surface area contributed by atoms with Crippen molar-refractivity contribution in [3.63, 3.8) is 0 Å². The van der Waals surface area contributed by atoms with Crippen LogP contribution in [0.1, 0.15) is 55.4 Å². The number of hydrogen-bond donors (Lipinski definition) is 0. The summed E-state index contributed by atoms with van der Waals surface area (Å²) in [5, 5.41) is 0. The molecule has 20 heavy (non-hydrogen) atoms. The van der Waals surface area contributed by atoms with Gasteiger partial charge >= 0.3 is 0 Å². The van der Waals surface area contributed by atoms with Crippen molar-refractivity contribution in [2.45, 2.75) is 79.6 Å². The Hall–Kier alpha value is 0.480. The molecule has 0 amide bonds. The zero-order chi connectivity index (χ0) is 16.0. The van der Waals surface area contributed by atoms with E-state index >= 15 is 0 Å². The second kappa shape index (κ2) is 9.49. The van der Waals surface area contributed by atoms with E-state index in [4.69, 9.17) is 24.4 Å². The number of thiocarbonyl (C=S) groups is 2. The van der Waals surface area contributed by atoms with Crippen molar-refractivity contribution in [2.75, 3.05) is 0 Å². The molecule has 0 aliphatic carbocycles. The third-order valence-corrected chi connectivity index (χ3v) is 6.37. The van der Waals surface area contributed by atoms with Crippen LogP contribution in [0.3, 0.4) is 0 Å². The molecule has 0 aromatic rings. The molecule has 6 heteroatoms. The fraction of sp³-hybridized carbons (Fsp3) is 0.857. The van der Waals surface area contributed by atoms with Crippen molar-refractivity contribution in [3.8, 4) is 0 Å². The molecule has 2 nitrogen and oxygen atoms in total. The Morgan fingerprint density at radius 2 is 0.800 bits per heavy atom. The molecule has 0 aliphatic heterocycles. The molecule has 0 spiro atoms. The highest BCUT2D eigenvalue weighted by Gasteiger charge is 2.21. The first-order valence-electron chi connectivity index (χ1n) is 7.08. The van der Waals surface area contributed by atoms with Gasteiger partial charge in [0.2, 0.25) is 0 Å². The molecule has 0 saturated carbocycles. The van der Waals surface area contributed by atoms with E-state index in [-0.39, 0.29) is 0 Å². The average Bonchev–Trinajstić information content (AvgIpc) is 2.23. The zero-order valence-electron chi connectivity index (χ0n) is 13.8. The minimum atomic E-state index is 0.412. The van der Waals surface area contributed by atoms with Crippen LogP contribution in [0.2, 0.25) is 0 Å². The third kappa shape index (κ3) is 6.50. The van der Waals surface area contributed by atoms with E-state index in [1.54, 1.807) is 21.6 Å². The van der Waals surface area contributed by atoms with Crippen LogP contribution in [0.5, 0.6) is 0 Å². The van der Waals surface area contributed by atoms with Gasteiger partial charge in [-0.2, -0.15) is 0 Å². The lowest BCUT2D eigenvalue weighted by Gasteiger charge is -2.34. The van der Waals surface area contributed by atoms with Gasteiger partial charge < -0.3 is 9.80 Å². The topological polar surface area (TPSA) is 6.48 Å². The third-order valence-electron chi connectivity index (χ3n) is 2.83. The second-order valence-corrected chi connectivity index (χ2v) is 9.28. The van der Waals surface area contributed by atoms with Crippen molar-refractivity contribution in [3.05, 3.63) is 0 Å². The van der Waals surface area contributed by atoms with E-state index in [2.05, 4.69) is 65.2 Å². The molecule has 0 N–H and O–H groups in total. The SMILES string of the molecule is CC(C)N(C(=S)SSC(=S)N(C(C)C)C(C)C)C(C)C. The van der Waals surface area contributed by atoms with Crippen molar-refractivity contribution in [1.29, 1.82) is 0 Å². The van der Waals surface area contributed by atoms with Crippen LogP contribution in [0.4, 0.5) is 0 Å². The van der Waals surface area contributed by atoms with Gasteiger partial charge in [0.05, 0.1) is 0 Å². The summed E-state index contributed by atoms with van der Waals surface area (Å²) >= 11 is 11.1. The summed E-state index contributed by atoms with van der Waals surface area (Å²) in [7, 11) is 3.21. The lowest BCUT2D eigenvalue weighted by molar-refractivity contribution is 0.302. The summed E-state index contributed by atoms with van der Waals surface area (Å²) in [6.07, 6.45) is 0. The molecule has 0 saturated heterocycles. The van der Waals surface area contributed by atoms with Crippen LogP contribution < -0.4 is 0 Å². The Kier molecular flexibility index (Phi) is 9.72. The van der Waals surface area contributed by atoms with Gasteiger partial charge in [0, 0.05) is 24.2 Å². The molecule has 0 rings (SSSR count). The molecule has 0 radical (unpaired) electrons. The van der Waals surface area contributed by atoms with Crippen LogP contribution in [-0.2, 0) is 0 Å². The molecule has 0 heterocycles. The predicted octanol–water partition coefficient (Wildman–Crippen LogP) is 5.18. The molecule has 0 fully saturated rings. The first kappa shape index (κ1) is 20.5. The number of rotatable bonds is 4. The summed E-state index contributed by atoms with van der Waals surface area (Å²) in [6, 6.07) is 1.65. The van der Waals surface area contributed by atoms with Gasteiger partial charge in [0.25, 0.3) is 0 Å². The van der Waals surface area contributed by atoms with Crippen molar-refractivity contribution >= 4 is 54.7 Å². The van der Waals surface area contributed by atoms with Gasteiger partial charge in [0.1, 0.15) is 8.64 Å². The van der Waals surface area contributed by atoms with Gasteiger partial charge in [-0.25, -0.2) is 0 Å². The molecule has 0 aliphatic rings. The maximum atomic E-state index is 5.55. The highest BCUT2D eigenvalue weighted by atomic mass is 33.1. The minimum Gasteiger partial charge on any atom is -0.352 e. The van der Waals surface area contributed by atoms with Crippen LogP contribution in [0.15, 0.2) is 0 Å². The summed E-state index contributed by atoms with van der Waals surface area (Å²) in [4.78, 5) is 4.51. The van der Waals surface area contributed by atoms with Gasteiger partial charge in [-0.15, -0.1) is 0 Å². The quantitative estimate of drug-likeness (QED) is 0.505. The molecular weight excluding hydrogens is 324 g/mol. The van der Waals surface area contributed by atoms with E-state index in [9.17, 15) is 0 Å². The van der Waals surface area contributed by atoms with Gasteiger partial charge in [-0.3, -0.25) is 0 Å². The maximum absolute atomic E-state index is 5.55. The Bertz CT molecular complexity index is 279. The van der Waals surface area contributed by atoms with E-state index in [1.165, 1.54) is 0 Å². The normalized spacial score (nSPS) is 11.6. The zero-order valence-corrected chi connectivity index (χ0v) is 17.1. The van der Waals surface area contributed by atoms with E-state index in [0.29, 0.717) is 24.2 Å². The smallest absolute Gasteiger partial charge is 0.147 e. The van der Waals surface area contributed by atoms with Crippen LogP contribution in [0.25, 0.3) is 0 Å². The van der Waals surface area contributed by atoms with E-state index < -0.39 is 0 Å². The standard InChI is InChI=1S/C14H28N2S4/c1-9(2)15(10(3)4)13(17)19-20-14(18)16(11(5)6)12(7)8/h9-12H,1-8H3. The fourth-order valence-electron chi connectivity index (χ4n) is 2.19. The highest BCUT2D eigenvalue weighted by molar-refractivity contribution is 8.89. The predicted molar refractivity (Wildman–Crippen MR) is 105 cm³/mol. The summed E-state index contributed by atoms with van der Waals surface area (Å²) in [6.45, 7) is 17.4. The monoisotopic (exact) mass is 352 g/mol. The molecule has 0 bridgehead atoms. The van der Waals surface area contributed by atoms with Crippen LogP contribution in [-0.4, -0.2) is 42.6 Å². The minimum absolute atomic E-state index is 0.412. The molecular formula is C14H28N2S4. The summed E-state index contributed by atoms with van der Waals surface area (Å²) in [5.41, 5.74) is 0. The largest absolute Gasteiger partial charge is 0.352 e. The Morgan fingerprint density at radius 1 is 0.600 bits per heavy atom. The Morgan fingerprint density at radius 3 is 0.950 bits per heavy atom. The van der Waals surface area contributed by atoms with Gasteiger partial charge in [0.15, 0.2) is 0 Å². The van der Waals surface area contributed by atoms with Crippen LogP contribution in [0, 0.1) is 0 Å². The maximum Gasteiger partial charge on any atom is 0.147 e. The molecule has 118 valence electrons. The Labute approximate surface area is 143 Å². The second-order valence-electron chi connectivity index (χ2n) is 5.89. The summed E-state index contributed by atoms with van der Waals surface area (Å²) in [5.74, 6) is 0. The van der Waals surface area contributed by atoms with Crippen molar-refractivity contribution in [2.24, 2.45) is 0 Å². The molecule has 0 aromatic heterocycles.